The number of hydrogen-bond donors (Lipinski definition) is 0. The van der Waals surface area contributed by atoms with E-state index in [9.17, 15) is 0 Å². The number of pyridine rings is 2. The standard InChI is InChI=1S/2C13H14N.2CH3.2ClH.H2Si.Zr/c2*1-10(2)12-4-3-5-13(12)11-6-8-14-9-7-11;;;;;;/h2*4,6-10H,3H2,1-2H3;2*1H3;2*1H;1H2;. The van der Waals surface area contributed by atoms with Gasteiger partial charge in [0.1, 0.15) is 0 Å². The molecule has 0 bridgehead atoms. The first-order valence-electron chi connectivity index (χ1n) is 11.9. The Labute approximate surface area is 220 Å². The van der Waals surface area contributed by atoms with Gasteiger partial charge in [-0.25, -0.2) is 0 Å². The molecule has 2 aliphatic carbocycles. The van der Waals surface area contributed by atoms with Crippen LogP contribution in [0.2, 0.25) is 9.26 Å². The fraction of sp³-hybridized carbons (Fsp3) is 0.357. The van der Waals surface area contributed by atoms with Crippen molar-refractivity contribution in [1.29, 1.82) is 0 Å². The summed E-state index contributed by atoms with van der Waals surface area (Å²) in [6, 6.07) is 8.82. The minimum absolute atomic E-state index is 0. The van der Waals surface area contributed by atoms with Gasteiger partial charge in [-0.2, -0.15) is 0 Å². The van der Waals surface area contributed by atoms with E-state index in [-0.39, 0.29) is 24.8 Å². The molecule has 0 saturated heterocycles. The normalized spacial score (nSPS) is 16.5. The molecule has 0 fully saturated rings. The molecule has 0 aliphatic heterocycles. The van der Waals surface area contributed by atoms with E-state index < -0.39 is 17.4 Å². The van der Waals surface area contributed by atoms with Crippen molar-refractivity contribution < 1.29 is 17.4 Å². The molecule has 4 rings (SSSR count). The molecule has 0 unspecified atom stereocenters. The molecular formula is C28H38Cl2N2SiZr. The van der Waals surface area contributed by atoms with E-state index in [1.54, 1.807) is 6.56 Å². The van der Waals surface area contributed by atoms with Gasteiger partial charge in [0.2, 0.25) is 0 Å². The van der Waals surface area contributed by atoms with E-state index in [4.69, 9.17) is 0 Å². The van der Waals surface area contributed by atoms with E-state index >= 15 is 0 Å². The van der Waals surface area contributed by atoms with Crippen molar-refractivity contribution in [1.82, 2.24) is 9.97 Å². The van der Waals surface area contributed by atoms with Gasteiger partial charge < -0.3 is 0 Å². The summed E-state index contributed by atoms with van der Waals surface area (Å²) < 4.78 is 8.81. The van der Waals surface area contributed by atoms with Crippen LogP contribution >= 0.6 is 24.8 Å². The van der Waals surface area contributed by atoms with Crippen LogP contribution in [0.1, 0.15) is 51.7 Å². The second-order valence-corrected chi connectivity index (χ2v) is 39.6. The summed E-state index contributed by atoms with van der Waals surface area (Å²) in [4.78, 5) is 8.61. The van der Waals surface area contributed by atoms with Crippen LogP contribution in [-0.4, -0.2) is 16.8 Å². The summed E-state index contributed by atoms with van der Waals surface area (Å²) >= 11 is -3.50. The summed E-state index contributed by atoms with van der Waals surface area (Å²) in [5.41, 5.74) is 8.75. The SMILES string of the molecule is CC(C)C1=CC[C]([Zr]([CH3])([CH3])(=[SiH2])[C]2=C(c3ccncc3)C(C(C)C)=CC2)=C1c1ccncc1.Cl.Cl. The fourth-order valence-corrected chi connectivity index (χ4v) is 19.4. The van der Waals surface area contributed by atoms with Crippen LogP contribution in [0.4, 0.5) is 0 Å². The number of allylic oxidation sites excluding steroid dienone is 8. The zero-order valence-electron chi connectivity index (χ0n) is 21.3. The number of nitrogens with zero attached hydrogens (tertiary/aromatic N) is 2. The van der Waals surface area contributed by atoms with Gasteiger partial charge in [0.15, 0.2) is 0 Å². The van der Waals surface area contributed by atoms with Crippen molar-refractivity contribution >= 4 is 42.8 Å². The molecule has 0 radical (unpaired) electrons. The van der Waals surface area contributed by atoms with Crippen LogP contribution in [0.3, 0.4) is 0 Å². The third kappa shape index (κ3) is 5.21. The topological polar surface area (TPSA) is 25.8 Å². The predicted octanol–water partition coefficient (Wildman–Crippen LogP) is 7.75. The van der Waals surface area contributed by atoms with E-state index in [0.717, 1.165) is 12.8 Å². The van der Waals surface area contributed by atoms with Gasteiger partial charge in [-0.15, -0.1) is 24.8 Å². The smallest absolute Gasteiger partial charge is 0.147 e. The predicted molar refractivity (Wildman–Crippen MR) is 152 cm³/mol. The van der Waals surface area contributed by atoms with Gasteiger partial charge in [0.05, 0.1) is 0 Å². The second kappa shape index (κ2) is 10.9. The molecule has 0 aromatic carbocycles. The molecule has 0 saturated carbocycles. The Bertz CT molecular complexity index is 1140. The Morgan fingerprint density at radius 2 is 1.00 bits per heavy atom. The zero-order valence-corrected chi connectivity index (χ0v) is 26.8. The molecule has 34 heavy (non-hydrogen) atoms. The number of hydrogen-bond acceptors (Lipinski definition) is 2. The van der Waals surface area contributed by atoms with Crippen LogP contribution in [-0.2, 0) is 17.4 Å². The Kier molecular flexibility index (Phi) is 9.36. The fourth-order valence-electron chi connectivity index (χ4n) is 5.59. The molecule has 0 amide bonds. The van der Waals surface area contributed by atoms with Crippen LogP contribution in [0.25, 0.3) is 11.1 Å². The van der Waals surface area contributed by atoms with Gasteiger partial charge in [-0.05, 0) is 0 Å². The molecule has 182 valence electrons. The first kappa shape index (κ1) is 29.2. The van der Waals surface area contributed by atoms with Crippen LogP contribution in [0, 0.1) is 11.8 Å². The second-order valence-electron chi connectivity index (χ2n) is 10.9. The largest absolute Gasteiger partial charge is 0.147 e. The van der Waals surface area contributed by atoms with E-state index in [1.165, 1.54) is 33.4 Å². The number of rotatable bonds is 6. The summed E-state index contributed by atoms with van der Waals surface area (Å²) in [5, 5.41) is 0. The molecule has 2 aromatic rings. The summed E-state index contributed by atoms with van der Waals surface area (Å²) in [7, 11) is 0. The van der Waals surface area contributed by atoms with Gasteiger partial charge in [-0.1, -0.05) is 0 Å². The summed E-state index contributed by atoms with van der Waals surface area (Å²) in [6.45, 7) is 11.7. The van der Waals surface area contributed by atoms with E-state index in [0.29, 0.717) is 11.8 Å². The summed E-state index contributed by atoms with van der Waals surface area (Å²) in [5.74, 6) is 1.04. The third-order valence-electron chi connectivity index (χ3n) is 7.35. The van der Waals surface area contributed by atoms with Crippen LogP contribution < -0.4 is 0 Å². The molecule has 0 atom stereocenters. The van der Waals surface area contributed by atoms with Crippen molar-refractivity contribution in [2.45, 2.75) is 49.8 Å². The Hall–Kier alpha value is -1.06. The zero-order chi connectivity index (χ0) is 23.1. The molecule has 0 N–H and O–H groups in total. The monoisotopic (exact) mass is 590 g/mol. The molecular weight excluding hydrogens is 555 g/mol. The number of halogens is 2. The Morgan fingerprint density at radius 1 is 0.676 bits per heavy atom. The first-order chi connectivity index (χ1) is 15.1. The van der Waals surface area contributed by atoms with Crippen molar-refractivity contribution in [3.05, 3.63) is 90.0 Å². The molecule has 2 aromatic heterocycles. The van der Waals surface area contributed by atoms with Crippen LogP contribution in [0.15, 0.2) is 78.9 Å². The van der Waals surface area contributed by atoms with Gasteiger partial charge >= 0.3 is 197 Å². The van der Waals surface area contributed by atoms with Gasteiger partial charge in [0, 0.05) is 0 Å². The quantitative estimate of drug-likeness (QED) is 0.321. The maximum Gasteiger partial charge on any atom is -0.147 e. The van der Waals surface area contributed by atoms with Crippen LogP contribution in [0.5, 0.6) is 0 Å². The van der Waals surface area contributed by atoms with Crippen molar-refractivity contribution in [3.63, 3.8) is 0 Å². The molecule has 2 nitrogen and oxygen atoms in total. The van der Waals surface area contributed by atoms with Gasteiger partial charge in [-0.3, -0.25) is 0 Å². The maximum atomic E-state index is 4.30. The average Bonchev–Trinajstić information content (AvgIpc) is 3.41. The van der Waals surface area contributed by atoms with Crippen molar-refractivity contribution in [2.24, 2.45) is 11.8 Å². The summed E-state index contributed by atoms with van der Waals surface area (Å²) in [6.07, 6.45) is 15.0. The first-order valence-corrected chi connectivity index (χ1v) is 25.2. The molecule has 2 aliphatic rings. The Morgan fingerprint density at radius 3 is 1.29 bits per heavy atom. The number of aromatic nitrogens is 2. The minimum atomic E-state index is -3.50. The van der Waals surface area contributed by atoms with Gasteiger partial charge in [0.25, 0.3) is 0 Å². The van der Waals surface area contributed by atoms with E-state index in [2.05, 4.69) is 90.2 Å². The average molecular weight is 593 g/mol. The van der Waals surface area contributed by atoms with Crippen molar-refractivity contribution in [3.8, 4) is 0 Å². The maximum absolute atomic E-state index is 4.30. The Balaban J connectivity index is 0.00000204. The third-order valence-corrected chi connectivity index (χ3v) is 24.1. The molecule has 0 spiro atoms. The molecule has 2 heterocycles. The van der Waals surface area contributed by atoms with E-state index in [1.807, 2.05) is 24.8 Å². The van der Waals surface area contributed by atoms with Crippen molar-refractivity contribution in [2.75, 3.05) is 0 Å². The minimum Gasteiger partial charge on any atom is -0.147 e. The molecule has 6 heteroatoms.